The van der Waals surface area contributed by atoms with Crippen molar-refractivity contribution >= 4 is 39.1 Å². The number of carbonyl (C=O) groups is 3. The van der Waals surface area contributed by atoms with Gasteiger partial charge < -0.3 is 26.0 Å². The predicted octanol–water partition coefficient (Wildman–Crippen LogP) is 3.57. The third kappa shape index (κ3) is 7.31. The number of benzene rings is 3. The van der Waals surface area contributed by atoms with Gasteiger partial charge in [-0.1, -0.05) is 42.5 Å². The number of likely N-dealkylation sites (N-methyl/N-ethyl adjacent to an activating group) is 2. The highest BCUT2D eigenvalue weighted by Crippen LogP contribution is 2.27. The highest BCUT2D eigenvalue weighted by Gasteiger charge is 2.32. The molecule has 2 unspecified atom stereocenters. The summed E-state index contributed by atoms with van der Waals surface area (Å²) >= 11 is 1.59. The van der Waals surface area contributed by atoms with Crippen LogP contribution >= 0.6 is 11.3 Å². The van der Waals surface area contributed by atoms with Crippen LogP contribution in [0.5, 0.6) is 5.75 Å². The third-order valence-corrected chi connectivity index (χ3v) is 8.18. The Morgan fingerprint density at radius 2 is 1.73 bits per heavy atom. The Kier molecular flexibility index (Phi) is 10.1. The number of hydrogen-bond acceptors (Lipinski definition) is 6. The second kappa shape index (κ2) is 13.9. The fraction of sp³-hybridized carbons (Fsp3) is 0.281. The van der Waals surface area contributed by atoms with Crippen LogP contribution < -0.4 is 21.1 Å². The summed E-state index contributed by atoms with van der Waals surface area (Å²) in [5, 5.41) is 8.72. The van der Waals surface area contributed by atoms with Gasteiger partial charge in [0.05, 0.1) is 7.11 Å². The fourth-order valence-corrected chi connectivity index (χ4v) is 5.82. The maximum absolute atomic E-state index is 14.1. The van der Waals surface area contributed by atoms with E-state index in [1.54, 1.807) is 44.7 Å². The Labute approximate surface area is 244 Å². The monoisotopic (exact) mass is 572 g/mol. The number of nitrogens with zero attached hydrogens (tertiary/aromatic N) is 1. The number of rotatable bonds is 12. The van der Waals surface area contributed by atoms with E-state index >= 15 is 0 Å². The van der Waals surface area contributed by atoms with Crippen molar-refractivity contribution in [1.29, 1.82) is 0 Å². The third-order valence-electron chi connectivity index (χ3n) is 7.16. The molecule has 41 heavy (non-hydrogen) atoms. The summed E-state index contributed by atoms with van der Waals surface area (Å²) in [5.74, 6) is -0.302. The molecule has 0 aliphatic carbocycles. The standard InChI is InChI=1S/C32H36N4O4S/c1-34-31(38)28(18-22-11-13-25(40-3)14-12-22)36(2)32(39)27(19-24-20-41-29-10-5-4-9-26(24)29)35-30(37)23-8-6-7-21(17-23)15-16-33/h4-14,17,20,27-28H,15-16,18-19,33H2,1-3H3,(H,34,38)(H,35,37). The number of carbonyl (C=O) groups excluding carboxylic acids is 3. The van der Waals surface area contributed by atoms with Crippen LogP contribution in [0.2, 0.25) is 0 Å². The first-order chi connectivity index (χ1) is 19.8. The molecule has 0 aliphatic rings. The molecule has 4 rings (SSSR count). The molecule has 0 bridgehead atoms. The van der Waals surface area contributed by atoms with Crippen molar-refractivity contribution in [3.05, 3.63) is 100 Å². The van der Waals surface area contributed by atoms with Gasteiger partial charge in [-0.25, -0.2) is 0 Å². The molecular weight excluding hydrogens is 536 g/mol. The number of methoxy groups -OCH3 is 1. The Morgan fingerprint density at radius 1 is 0.976 bits per heavy atom. The average Bonchev–Trinajstić information content (AvgIpc) is 3.41. The molecule has 1 heterocycles. The Morgan fingerprint density at radius 3 is 2.44 bits per heavy atom. The molecule has 0 saturated carbocycles. The summed E-state index contributed by atoms with van der Waals surface area (Å²) in [4.78, 5) is 42.0. The Bertz CT molecular complexity index is 1500. The van der Waals surface area contributed by atoms with Crippen molar-refractivity contribution in [3.63, 3.8) is 0 Å². The Balaban J connectivity index is 1.63. The van der Waals surface area contributed by atoms with Gasteiger partial charge in [-0.15, -0.1) is 11.3 Å². The molecule has 0 saturated heterocycles. The summed E-state index contributed by atoms with van der Waals surface area (Å²) in [7, 11) is 4.75. The first kappa shape index (κ1) is 29.8. The van der Waals surface area contributed by atoms with Gasteiger partial charge in [0, 0.05) is 37.2 Å². The van der Waals surface area contributed by atoms with E-state index in [9.17, 15) is 14.4 Å². The number of amides is 3. The van der Waals surface area contributed by atoms with Crippen LogP contribution in [0, 0.1) is 0 Å². The van der Waals surface area contributed by atoms with Gasteiger partial charge in [-0.05, 0) is 70.8 Å². The SMILES string of the molecule is CNC(=O)C(Cc1ccc(OC)cc1)N(C)C(=O)C(Cc1csc2ccccc12)NC(=O)c1cccc(CCN)c1. The molecule has 8 nitrogen and oxygen atoms in total. The van der Waals surface area contributed by atoms with E-state index < -0.39 is 12.1 Å². The molecule has 4 N–H and O–H groups in total. The number of fused-ring (bicyclic) bond motifs is 1. The summed E-state index contributed by atoms with van der Waals surface area (Å²) in [6, 6.07) is 20.9. The van der Waals surface area contributed by atoms with Crippen molar-refractivity contribution in [1.82, 2.24) is 15.5 Å². The van der Waals surface area contributed by atoms with Gasteiger partial charge in [0.2, 0.25) is 11.8 Å². The van der Waals surface area contributed by atoms with Gasteiger partial charge >= 0.3 is 0 Å². The van der Waals surface area contributed by atoms with E-state index in [0.29, 0.717) is 30.7 Å². The highest BCUT2D eigenvalue weighted by molar-refractivity contribution is 7.17. The molecule has 0 radical (unpaired) electrons. The van der Waals surface area contributed by atoms with Crippen LogP contribution in [-0.4, -0.2) is 62.5 Å². The second-order valence-electron chi connectivity index (χ2n) is 9.86. The first-order valence-corrected chi connectivity index (χ1v) is 14.4. The van der Waals surface area contributed by atoms with E-state index in [-0.39, 0.29) is 24.1 Å². The van der Waals surface area contributed by atoms with Gasteiger partial charge in [-0.3, -0.25) is 14.4 Å². The predicted molar refractivity (Wildman–Crippen MR) is 163 cm³/mol. The van der Waals surface area contributed by atoms with Crippen molar-refractivity contribution in [3.8, 4) is 5.75 Å². The summed E-state index contributed by atoms with van der Waals surface area (Å²) in [6.45, 7) is 0.470. The Hall–Kier alpha value is -4.21. The van der Waals surface area contributed by atoms with E-state index in [2.05, 4.69) is 10.6 Å². The lowest BCUT2D eigenvalue weighted by atomic mass is 10.00. The molecule has 0 aliphatic heterocycles. The van der Waals surface area contributed by atoms with Crippen LogP contribution in [0.25, 0.3) is 10.1 Å². The minimum atomic E-state index is -0.897. The van der Waals surface area contributed by atoms with Crippen LogP contribution in [0.4, 0.5) is 0 Å². The quantitative estimate of drug-likeness (QED) is 0.240. The second-order valence-corrected chi connectivity index (χ2v) is 10.8. The lowest BCUT2D eigenvalue weighted by molar-refractivity contribution is -0.140. The van der Waals surface area contributed by atoms with Gasteiger partial charge in [0.1, 0.15) is 17.8 Å². The number of thiophene rings is 1. The van der Waals surface area contributed by atoms with Crippen LogP contribution in [0.15, 0.2) is 78.2 Å². The number of nitrogens with two attached hydrogens (primary N) is 1. The summed E-state index contributed by atoms with van der Waals surface area (Å²) < 4.78 is 6.35. The molecule has 4 aromatic rings. The number of hydrogen-bond donors (Lipinski definition) is 3. The maximum Gasteiger partial charge on any atom is 0.251 e. The van der Waals surface area contributed by atoms with Crippen molar-refractivity contribution < 1.29 is 19.1 Å². The average molecular weight is 573 g/mol. The van der Waals surface area contributed by atoms with E-state index in [4.69, 9.17) is 10.5 Å². The molecule has 1 aromatic heterocycles. The zero-order valence-electron chi connectivity index (χ0n) is 23.6. The molecule has 3 amide bonds. The lowest BCUT2D eigenvalue weighted by Crippen LogP contribution is -2.55. The van der Waals surface area contributed by atoms with Crippen molar-refractivity contribution in [2.75, 3.05) is 27.7 Å². The van der Waals surface area contributed by atoms with E-state index in [1.807, 2.05) is 66.0 Å². The van der Waals surface area contributed by atoms with Gasteiger partial charge in [0.15, 0.2) is 0 Å². The zero-order valence-corrected chi connectivity index (χ0v) is 24.4. The molecular formula is C32H36N4O4S. The molecule has 0 spiro atoms. The van der Waals surface area contributed by atoms with Crippen molar-refractivity contribution in [2.24, 2.45) is 5.73 Å². The van der Waals surface area contributed by atoms with Gasteiger partial charge in [0.25, 0.3) is 5.91 Å². The molecule has 0 fully saturated rings. The molecule has 214 valence electrons. The zero-order chi connectivity index (χ0) is 29.4. The first-order valence-electron chi connectivity index (χ1n) is 13.5. The van der Waals surface area contributed by atoms with Crippen LogP contribution in [0.3, 0.4) is 0 Å². The summed E-state index contributed by atoms with van der Waals surface area (Å²) in [5.41, 5.74) is 8.94. The maximum atomic E-state index is 14.1. The number of nitrogens with one attached hydrogen (secondary N) is 2. The normalized spacial score (nSPS) is 12.4. The smallest absolute Gasteiger partial charge is 0.251 e. The molecule has 9 heteroatoms. The van der Waals surface area contributed by atoms with E-state index in [1.165, 1.54) is 4.90 Å². The largest absolute Gasteiger partial charge is 0.497 e. The lowest BCUT2D eigenvalue weighted by Gasteiger charge is -2.31. The summed E-state index contributed by atoms with van der Waals surface area (Å²) in [6.07, 6.45) is 1.23. The van der Waals surface area contributed by atoms with Crippen LogP contribution in [0.1, 0.15) is 27.0 Å². The minimum Gasteiger partial charge on any atom is -0.497 e. The van der Waals surface area contributed by atoms with E-state index in [0.717, 1.165) is 26.8 Å². The highest BCUT2D eigenvalue weighted by atomic mass is 32.1. The molecule has 3 aromatic carbocycles. The fourth-order valence-electron chi connectivity index (χ4n) is 4.84. The van der Waals surface area contributed by atoms with Crippen molar-refractivity contribution in [2.45, 2.75) is 31.3 Å². The molecule has 2 atom stereocenters. The minimum absolute atomic E-state index is 0.282. The van der Waals surface area contributed by atoms with Crippen LogP contribution in [-0.2, 0) is 28.9 Å². The topological polar surface area (TPSA) is 114 Å². The number of ether oxygens (including phenoxy) is 1. The van der Waals surface area contributed by atoms with Gasteiger partial charge in [-0.2, -0.15) is 0 Å².